The third-order valence-corrected chi connectivity index (χ3v) is 4.61. The van der Waals surface area contributed by atoms with Crippen molar-refractivity contribution in [2.24, 2.45) is 0 Å². The molecule has 0 radical (unpaired) electrons. The smallest absolute Gasteiger partial charge is 0.185 e. The van der Waals surface area contributed by atoms with Crippen LogP contribution >= 0.6 is 11.3 Å². The predicted octanol–water partition coefficient (Wildman–Crippen LogP) is 1.86. The minimum Gasteiger partial charge on any atom is -0.373 e. The van der Waals surface area contributed by atoms with Gasteiger partial charge >= 0.3 is 0 Å². The molecule has 21 heavy (non-hydrogen) atoms. The Hall–Kier alpha value is -1.89. The van der Waals surface area contributed by atoms with Gasteiger partial charge in [0.1, 0.15) is 18.0 Å². The maximum atomic E-state index is 4.51. The maximum Gasteiger partial charge on any atom is 0.185 e. The number of thiazole rings is 1. The first-order valence-electron chi connectivity index (χ1n) is 7.24. The highest BCUT2D eigenvalue weighted by Gasteiger charge is 2.22. The molecule has 1 saturated heterocycles. The van der Waals surface area contributed by atoms with E-state index in [0.717, 1.165) is 49.4 Å². The van der Waals surface area contributed by atoms with Crippen molar-refractivity contribution in [1.29, 1.82) is 0 Å². The van der Waals surface area contributed by atoms with Gasteiger partial charge in [-0.05, 0) is 6.42 Å². The molecule has 1 aliphatic rings. The Bertz CT molecular complexity index is 577. The number of nitrogens with one attached hydrogen (secondary N) is 1. The second-order valence-corrected chi connectivity index (χ2v) is 5.79. The summed E-state index contributed by atoms with van der Waals surface area (Å²) in [7, 11) is 1.91. The van der Waals surface area contributed by atoms with Gasteiger partial charge in [-0.1, -0.05) is 6.92 Å². The highest BCUT2D eigenvalue weighted by molar-refractivity contribution is 7.13. The lowest BCUT2D eigenvalue weighted by atomic mass is 10.2. The molecule has 3 rings (SSSR count). The molecule has 0 saturated carbocycles. The van der Waals surface area contributed by atoms with Crippen LogP contribution in [-0.2, 0) is 6.42 Å². The van der Waals surface area contributed by atoms with E-state index in [-0.39, 0.29) is 0 Å². The zero-order chi connectivity index (χ0) is 14.7. The van der Waals surface area contributed by atoms with Crippen molar-refractivity contribution >= 4 is 28.1 Å². The van der Waals surface area contributed by atoms with Crippen LogP contribution in [0.5, 0.6) is 0 Å². The van der Waals surface area contributed by atoms with Crippen LogP contribution in [0.4, 0.5) is 16.8 Å². The molecule has 7 heteroatoms. The summed E-state index contributed by atoms with van der Waals surface area (Å²) in [5.41, 5.74) is 1.20. The van der Waals surface area contributed by atoms with Crippen LogP contribution in [0.3, 0.4) is 0 Å². The van der Waals surface area contributed by atoms with Crippen molar-refractivity contribution in [3.05, 3.63) is 23.5 Å². The average Bonchev–Trinajstić information content (AvgIpc) is 3.08. The van der Waals surface area contributed by atoms with Crippen molar-refractivity contribution in [2.75, 3.05) is 48.3 Å². The molecule has 2 aromatic heterocycles. The Morgan fingerprint density at radius 3 is 2.52 bits per heavy atom. The fourth-order valence-electron chi connectivity index (χ4n) is 2.70. The van der Waals surface area contributed by atoms with Crippen LogP contribution in [0.25, 0.3) is 0 Å². The van der Waals surface area contributed by atoms with Crippen LogP contribution < -0.4 is 15.1 Å². The molecule has 0 aromatic carbocycles. The van der Waals surface area contributed by atoms with Gasteiger partial charge in [-0.25, -0.2) is 15.0 Å². The second-order valence-electron chi connectivity index (χ2n) is 4.92. The largest absolute Gasteiger partial charge is 0.373 e. The van der Waals surface area contributed by atoms with Crippen molar-refractivity contribution in [3.8, 4) is 0 Å². The topological polar surface area (TPSA) is 57.2 Å². The highest BCUT2D eigenvalue weighted by atomic mass is 32.1. The van der Waals surface area contributed by atoms with E-state index in [1.807, 2.05) is 18.6 Å². The molecule has 1 fully saturated rings. The number of hydrogen-bond acceptors (Lipinski definition) is 7. The molecule has 6 nitrogen and oxygen atoms in total. The fraction of sp³-hybridized carbons (Fsp3) is 0.500. The predicted molar refractivity (Wildman–Crippen MR) is 87.5 cm³/mol. The molecule has 1 N–H and O–H groups in total. The Morgan fingerprint density at radius 2 is 1.90 bits per heavy atom. The molecule has 0 unspecified atom stereocenters. The third-order valence-electron chi connectivity index (χ3n) is 3.78. The van der Waals surface area contributed by atoms with Gasteiger partial charge in [0.2, 0.25) is 0 Å². The van der Waals surface area contributed by atoms with E-state index < -0.39 is 0 Å². The fourth-order valence-corrected chi connectivity index (χ4v) is 3.39. The average molecular weight is 304 g/mol. The minimum atomic E-state index is 0.930. The van der Waals surface area contributed by atoms with E-state index in [2.05, 4.69) is 37.0 Å². The lowest BCUT2D eigenvalue weighted by Gasteiger charge is -2.36. The minimum absolute atomic E-state index is 0.930. The molecule has 2 aromatic rings. The molecule has 112 valence electrons. The standard InChI is InChI=1S/C14H20N6S/c1-3-11-12(15-2)17-10-18-13(11)19-5-7-20(8-6-19)14-16-4-9-21-14/h4,9-10H,3,5-8H2,1-2H3,(H,15,17,18). The van der Waals surface area contributed by atoms with Gasteiger partial charge in [0.25, 0.3) is 0 Å². The second kappa shape index (κ2) is 6.26. The van der Waals surface area contributed by atoms with Crippen molar-refractivity contribution in [3.63, 3.8) is 0 Å². The van der Waals surface area contributed by atoms with Crippen LogP contribution in [0.1, 0.15) is 12.5 Å². The van der Waals surface area contributed by atoms with Crippen molar-refractivity contribution in [1.82, 2.24) is 15.0 Å². The summed E-state index contributed by atoms with van der Waals surface area (Å²) in [5, 5.41) is 6.30. The number of nitrogens with zero attached hydrogens (tertiary/aromatic N) is 5. The molecule has 0 bridgehead atoms. The van der Waals surface area contributed by atoms with Gasteiger partial charge in [0.05, 0.1) is 0 Å². The van der Waals surface area contributed by atoms with E-state index in [9.17, 15) is 0 Å². The number of rotatable bonds is 4. The molecular weight excluding hydrogens is 284 g/mol. The first kappa shape index (κ1) is 14.1. The zero-order valence-electron chi connectivity index (χ0n) is 12.4. The quantitative estimate of drug-likeness (QED) is 0.930. The molecule has 0 atom stereocenters. The summed E-state index contributed by atoms with van der Waals surface area (Å²) in [6.45, 7) is 6.04. The van der Waals surface area contributed by atoms with Crippen LogP contribution in [0.15, 0.2) is 17.9 Å². The van der Waals surface area contributed by atoms with Crippen molar-refractivity contribution in [2.45, 2.75) is 13.3 Å². The number of aromatic nitrogens is 3. The molecule has 3 heterocycles. The molecule has 0 spiro atoms. The van der Waals surface area contributed by atoms with Gasteiger partial charge in [0.15, 0.2) is 5.13 Å². The van der Waals surface area contributed by atoms with E-state index >= 15 is 0 Å². The lowest BCUT2D eigenvalue weighted by molar-refractivity contribution is 0.643. The number of piperazine rings is 1. The van der Waals surface area contributed by atoms with E-state index in [1.165, 1.54) is 5.56 Å². The molecule has 1 aliphatic heterocycles. The Balaban J connectivity index is 1.75. The van der Waals surface area contributed by atoms with E-state index in [0.29, 0.717) is 0 Å². The first-order chi connectivity index (χ1) is 10.3. The summed E-state index contributed by atoms with van der Waals surface area (Å²) in [5.74, 6) is 2.00. The lowest BCUT2D eigenvalue weighted by Crippen LogP contribution is -2.47. The van der Waals surface area contributed by atoms with Gasteiger partial charge < -0.3 is 15.1 Å². The van der Waals surface area contributed by atoms with Gasteiger partial charge in [-0.15, -0.1) is 11.3 Å². The third kappa shape index (κ3) is 2.78. The number of hydrogen-bond donors (Lipinski definition) is 1. The van der Waals surface area contributed by atoms with Gasteiger partial charge in [-0.3, -0.25) is 0 Å². The Labute approximate surface area is 128 Å². The summed E-state index contributed by atoms with van der Waals surface area (Å²) in [6, 6.07) is 0. The molecule has 0 aliphatic carbocycles. The molecular formula is C14H20N6S. The molecule has 0 amide bonds. The normalized spacial score (nSPS) is 15.3. The van der Waals surface area contributed by atoms with E-state index in [4.69, 9.17) is 0 Å². The summed E-state index contributed by atoms with van der Waals surface area (Å²) >= 11 is 1.70. The summed E-state index contributed by atoms with van der Waals surface area (Å²) in [6.07, 6.45) is 4.44. The van der Waals surface area contributed by atoms with Crippen LogP contribution in [-0.4, -0.2) is 48.2 Å². The Kier molecular flexibility index (Phi) is 4.19. The van der Waals surface area contributed by atoms with Gasteiger partial charge in [-0.2, -0.15) is 0 Å². The van der Waals surface area contributed by atoms with Crippen molar-refractivity contribution < 1.29 is 0 Å². The summed E-state index contributed by atoms with van der Waals surface area (Å²) in [4.78, 5) is 17.9. The van der Waals surface area contributed by atoms with Gasteiger partial charge in [0, 0.05) is 50.4 Å². The first-order valence-corrected chi connectivity index (χ1v) is 8.12. The van der Waals surface area contributed by atoms with E-state index in [1.54, 1.807) is 17.7 Å². The number of anilines is 3. The van der Waals surface area contributed by atoms with Crippen LogP contribution in [0.2, 0.25) is 0 Å². The summed E-state index contributed by atoms with van der Waals surface area (Å²) < 4.78 is 0. The van der Waals surface area contributed by atoms with Crippen LogP contribution in [0, 0.1) is 0 Å². The highest BCUT2D eigenvalue weighted by Crippen LogP contribution is 2.26. The SMILES string of the molecule is CCc1c(NC)ncnc1N1CCN(c2nccs2)CC1. The zero-order valence-corrected chi connectivity index (χ0v) is 13.2. The monoisotopic (exact) mass is 304 g/mol. The maximum absolute atomic E-state index is 4.51. The Morgan fingerprint density at radius 1 is 1.14 bits per heavy atom.